The Kier molecular flexibility index (Phi) is 5.52. The van der Waals surface area contributed by atoms with Crippen LogP contribution in [0.2, 0.25) is 0 Å². The molecule has 1 unspecified atom stereocenters. The lowest BCUT2D eigenvalue weighted by atomic mass is 10.1. The topological polar surface area (TPSA) is 96.5 Å². The highest BCUT2D eigenvalue weighted by atomic mass is 32.2. The molecule has 1 amide bonds. The Morgan fingerprint density at radius 3 is 2.78 bits per heavy atom. The third kappa shape index (κ3) is 4.15. The molecule has 1 N–H and O–H groups in total. The van der Waals surface area contributed by atoms with Crippen LogP contribution < -0.4 is 5.32 Å². The number of hydrogen-bond donors (Lipinski definition) is 1. The highest BCUT2D eigenvalue weighted by Crippen LogP contribution is 2.26. The number of nitriles is 1. The molecule has 8 heteroatoms. The number of nitrogens with zero attached hydrogens (tertiary/aromatic N) is 5. The van der Waals surface area contributed by atoms with Gasteiger partial charge < -0.3 is 5.32 Å². The number of para-hydroxylation sites is 1. The molecule has 27 heavy (non-hydrogen) atoms. The van der Waals surface area contributed by atoms with Crippen molar-refractivity contribution in [1.29, 1.82) is 5.26 Å². The van der Waals surface area contributed by atoms with E-state index in [4.69, 9.17) is 5.26 Å². The first kappa shape index (κ1) is 18.6. The predicted molar refractivity (Wildman–Crippen MR) is 104 cm³/mol. The van der Waals surface area contributed by atoms with Gasteiger partial charge in [-0.3, -0.25) is 4.79 Å². The summed E-state index contributed by atoms with van der Waals surface area (Å²) in [6, 6.07) is 15.0. The Morgan fingerprint density at radius 1 is 1.26 bits per heavy atom. The van der Waals surface area contributed by atoms with Gasteiger partial charge >= 0.3 is 0 Å². The number of rotatable bonds is 5. The van der Waals surface area contributed by atoms with E-state index in [9.17, 15) is 4.79 Å². The van der Waals surface area contributed by atoms with E-state index >= 15 is 0 Å². The summed E-state index contributed by atoms with van der Waals surface area (Å²) in [5.41, 5.74) is 3.98. The molecule has 0 aliphatic rings. The summed E-state index contributed by atoms with van der Waals surface area (Å²) in [4.78, 5) is 12.5. The number of thioether (sulfide) groups is 1. The quantitative estimate of drug-likeness (QED) is 0.685. The van der Waals surface area contributed by atoms with Gasteiger partial charge in [-0.2, -0.15) is 9.94 Å². The van der Waals surface area contributed by atoms with Crippen molar-refractivity contribution in [2.24, 2.45) is 0 Å². The largest absolute Gasteiger partial charge is 0.324 e. The smallest absolute Gasteiger partial charge is 0.237 e. The minimum Gasteiger partial charge on any atom is -0.324 e. The van der Waals surface area contributed by atoms with Gasteiger partial charge in [0, 0.05) is 0 Å². The Bertz CT molecular complexity index is 1020. The number of aromatic nitrogens is 4. The number of tetrazole rings is 1. The standard InChI is InChI=1S/C19H18N6OS/c1-12-8-9-17(13(2)10-12)25-19(22-23-24-25)27-14(3)18(26)21-16-7-5-4-6-15(16)11-20/h4-10,14H,1-3H3,(H,21,26). The Morgan fingerprint density at radius 2 is 2.04 bits per heavy atom. The molecule has 7 nitrogen and oxygen atoms in total. The number of anilines is 1. The first-order valence-electron chi connectivity index (χ1n) is 8.32. The maximum absolute atomic E-state index is 12.5. The maximum atomic E-state index is 12.5. The van der Waals surface area contributed by atoms with Gasteiger partial charge in [0.2, 0.25) is 11.1 Å². The van der Waals surface area contributed by atoms with Gasteiger partial charge in [-0.15, -0.1) is 5.10 Å². The van der Waals surface area contributed by atoms with Gasteiger partial charge in [0.15, 0.2) is 0 Å². The van der Waals surface area contributed by atoms with E-state index in [0.717, 1.165) is 16.8 Å². The lowest BCUT2D eigenvalue weighted by Crippen LogP contribution is -2.23. The summed E-state index contributed by atoms with van der Waals surface area (Å²) in [5.74, 6) is -0.224. The maximum Gasteiger partial charge on any atom is 0.237 e. The van der Waals surface area contributed by atoms with E-state index in [0.29, 0.717) is 16.4 Å². The summed E-state index contributed by atoms with van der Waals surface area (Å²) in [6.45, 7) is 5.79. The van der Waals surface area contributed by atoms with Crippen LogP contribution in [0, 0.1) is 25.2 Å². The average Bonchev–Trinajstić information content (AvgIpc) is 3.10. The van der Waals surface area contributed by atoms with Gasteiger partial charge in [-0.05, 0) is 55.0 Å². The van der Waals surface area contributed by atoms with Crippen molar-refractivity contribution in [3.05, 3.63) is 59.2 Å². The summed E-state index contributed by atoms with van der Waals surface area (Å²) >= 11 is 1.26. The molecule has 0 fully saturated rings. The van der Waals surface area contributed by atoms with Crippen LogP contribution in [0.25, 0.3) is 5.69 Å². The number of hydrogen-bond acceptors (Lipinski definition) is 6. The van der Waals surface area contributed by atoms with Crippen molar-refractivity contribution >= 4 is 23.4 Å². The summed E-state index contributed by atoms with van der Waals surface area (Å²) in [7, 11) is 0. The first-order valence-corrected chi connectivity index (χ1v) is 9.20. The highest BCUT2D eigenvalue weighted by molar-refractivity contribution is 8.00. The molecule has 0 saturated carbocycles. The Labute approximate surface area is 161 Å². The van der Waals surface area contributed by atoms with Crippen LogP contribution in [0.3, 0.4) is 0 Å². The molecule has 3 aromatic rings. The molecule has 0 bridgehead atoms. The lowest BCUT2D eigenvalue weighted by Gasteiger charge is -2.13. The van der Waals surface area contributed by atoms with E-state index in [1.165, 1.54) is 11.8 Å². The second-order valence-electron chi connectivity index (χ2n) is 6.07. The van der Waals surface area contributed by atoms with Gasteiger partial charge in [-0.25, -0.2) is 0 Å². The van der Waals surface area contributed by atoms with Gasteiger partial charge in [0.05, 0.1) is 22.2 Å². The van der Waals surface area contributed by atoms with Crippen molar-refractivity contribution < 1.29 is 4.79 Å². The molecule has 1 atom stereocenters. The van der Waals surface area contributed by atoms with Crippen LogP contribution in [-0.2, 0) is 4.79 Å². The molecule has 136 valence electrons. The number of carbonyl (C=O) groups is 1. The number of aryl methyl sites for hydroxylation is 2. The van der Waals surface area contributed by atoms with Gasteiger partial charge in [0.25, 0.3) is 0 Å². The van der Waals surface area contributed by atoms with E-state index in [-0.39, 0.29) is 5.91 Å². The third-order valence-electron chi connectivity index (χ3n) is 3.98. The number of nitrogens with one attached hydrogen (secondary N) is 1. The second-order valence-corrected chi connectivity index (χ2v) is 7.38. The molecule has 0 radical (unpaired) electrons. The van der Waals surface area contributed by atoms with Crippen molar-refractivity contribution in [3.8, 4) is 11.8 Å². The molecule has 0 aliphatic heterocycles. The van der Waals surface area contributed by atoms with E-state index in [1.54, 1.807) is 35.9 Å². The van der Waals surface area contributed by atoms with Gasteiger partial charge in [-0.1, -0.05) is 41.6 Å². The monoisotopic (exact) mass is 378 g/mol. The molecule has 0 saturated heterocycles. The SMILES string of the molecule is Cc1ccc(-n2nnnc2SC(C)C(=O)Nc2ccccc2C#N)c(C)c1. The minimum absolute atomic E-state index is 0.224. The van der Waals surface area contributed by atoms with Crippen LogP contribution in [0.1, 0.15) is 23.6 Å². The molecular weight excluding hydrogens is 360 g/mol. The second kappa shape index (κ2) is 8.01. The van der Waals surface area contributed by atoms with E-state index in [1.807, 2.05) is 26.0 Å². The first-order chi connectivity index (χ1) is 13.0. The van der Waals surface area contributed by atoms with E-state index < -0.39 is 5.25 Å². The molecule has 1 heterocycles. The summed E-state index contributed by atoms with van der Waals surface area (Å²) < 4.78 is 1.63. The Balaban J connectivity index is 1.77. The summed E-state index contributed by atoms with van der Waals surface area (Å²) in [6.07, 6.45) is 0. The molecule has 0 aliphatic carbocycles. The molecule has 3 rings (SSSR count). The number of benzene rings is 2. The number of carbonyl (C=O) groups excluding carboxylic acids is 1. The zero-order valence-corrected chi connectivity index (χ0v) is 16.0. The van der Waals surface area contributed by atoms with Crippen LogP contribution in [0.5, 0.6) is 0 Å². The zero-order valence-electron chi connectivity index (χ0n) is 15.2. The average molecular weight is 378 g/mol. The fourth-order valence-electron chi connectivity index (χ4n) is 2.58. The lowest BCUT2D eigenvalue weighted by molar-refractivity contribution is -0.115. The van der Waals surface area contributed by atoms with Crippen LogP contribution >= 0.6 is 11.8 Å². The van der Waals surface area contributed by atoms with E-state index in [2.05, 4.69) is 33.0 Å². The molecule has 2 aromatic carbocycles. The predicted octanol–water partition coefficient (Wildman–Crippen LogP) is 3.27. The molecular formula is C19H18N6OS. The van der Waals surface area contributed by atoms with Crippen molar-refractivity contribution in [2.75, 3.05) is 5.32 Å². The van der Waals surface area contributed by atoms with Gasteiger partial charge in [0.1, 0.15) is 6.07 Å². The number of amides is 1. The fraction of sp³-hybridized carbons (Fsp3) is 0.211. The molecule has 0 spiro atoms. The minimum atomic E-state index is -0.452. The normalized spacial score (nSPS) is 11.6. The molecule has 1 aromatic heterocycles. The third-order valence-corrected chi connectivity index (χ3v) is 5.01. The van der Waals surface area contributed by atoms with Crippen molar-refractivity contribution in [2.45, 2.75) is 31.2 Å². The summed E-state index contributed by atoms with van der Waals surface area (Å²) in [5, 5.41) is 23.9. The van der Waals surface area contributed by atoms with Crippen molar-refractivity contribution in [1.82, 2.24) is 20.2 Å². The van der Waals surface area contributed by atoms with Crippen LogP contribution in [0.15, 0.2) is 47.6 Å². The van der Waals surface area contributed by atoms with Crippen molar-refractivity contribution in [3.63, 3.8) is 0 Å². The highest BCUT2D eigenvalue weighted by Gasteiger charge is 2.20. The fourth-order valence-corrected chi connectivity index (χ4v) is 3.38. The zero-order chi connectivity index (χ0) is 19.4. The van der Waals surface area contributed by atoms with Crippen LogP contribution in [0.4, 0.5) is 5.69 Å². The van der Waals surface area contributed by atoms with Crippen LogP contribution in [-0.4, -0.2) is 31.4 Å². The Hall–Kier alpha value is -3.18.